The van der Waals surface area contributed by atoms with Crippen molar-refractivity contribution < 1.29 is 4.39 Å². The summed E-state index contributed by atoms with van der Waals surface area (Å²) in [6.07, 6.45) is 5.40. The molecule has 1 heteroatoms. The summed E-state index contributed by atoms with van der Waals surface area (Å²) in [5.41, 5.74) is 3.59. The summed E-state index contributed by atoms with van der Waals surface area (Å²) in [6.45, 7) is 2.01. The van der Waals surface area contributed by atoms with Crippen LogP contribution in [0.4, 0.5) is 4.39 Å². The first-order chi connectivity index (χ1) is 7.70. The predicted octanol–water partition coefficient (Wildman–Crippen LogP) is 3.78. The van der Waals surface area contributed by atoms with Crippen LogP contribution in [0.25, 0.3) is 11.1 Å². The van der Waals surface area contributed by atoms with Gasteiger partial charge in [-0.05, 0) is 30.7 Å². The third kappa shape index (κ3) is 1.97. The van der Waals surface area contributed by atoms with Gasteiger partial charge in [0.15, 0.2) is 0 Å². The Morgan fingerprint density at radius 2 is 1.75 bits per heavy atom. The quantitative estimate of drug-likeness (QED) is 0.628. The van der Waals surface area contributed by atoms with E-state index in [0.29, 0.717) is 5.56 Å². The molecule has 0 aliphatic carbocycles. The summed E-state index contributed by atoms with van der Waals surface area (Å²) >= 11 is 0. The van der Waals surface area contributed by atoms with E-state index < -0.39 is 0 Å². The molecule has 0 radical (unpaired) electrons. The Morgan fingerprint density at radius 3 is 2.38 bits per heavy atom. The van der Waals surface area contributed by atoms with Gasteiger partial charge in [0.05, 0.1) is 0 Å². The van der Waals surface area contributed by atoms with Gasteiger partial charge in [-0.2, -0.15) is 0 Å². The first kappa shape index (κ1) is 10.4. The highest BCUT2D eigenvalue weighted by Crippen LogP contribution is 2.24. The summed E-state index contributed by atoms with van der Waals surface area (Å²) in [7, 11) is 0. The second-order valence-electron chi connectivity index (χ2n) is 3.70. The fourth-order valence-electron chi connectivity index (χ4n) is 1.61. The molecule has 16 heavy (non-hydrogen) atoms. The van der Waals surface area contributed by atoms with E-state index in [2.05, 4.69) is 5.92 Å². The first-order valence-corrected chi connectivity index (χ1v) is 5.04. The van der Waals surface area contributed by atoms with Gasteiger partial charge in [-0.25, -0.2) is 4.39 Å². The third-order valence-corrected chi connectivity index (χ3v) is 2.50. The highest BCUT2D eigenvalue weighted by atomic mass is 19.1. The van der Waals surface area contributed by atoms with Gasteiger partial charge < -0.3 is 0 Å². The van der Waals surface area contributed by atoms with Crippen molar-refractivity contribution in [2.45, 2.75) is 6.92 Å². The molecule has 0 spiro atoms. The topological polar surface area (TPSA) is 0 Å². The minimum absolute atomic E-state index is 0.269. The highest BCUT2D eigenvalue weighted by molar-refractivity contribution is 5.71. The van der Waals surface area contributed by atoms with Crippen LogP contribution in [-0.4, -0.2) is 0 Å². The van der Waals surface area contributed by atoms with Crippen LogP contribution in [-0.2, 0) is 0 Å². The van der Waals surface area contributed by atoms with Crippen LogP contribution in [0.5, 0.6) is 0 Å². The van der Waals surface area contributed by atoms with Gasteiger partial charge in [0.2, 0.25) is 0 Å². The van der Waals surface area contributed by atoms with E-state index in [-0.39, 0.29) is 5.82 Å². The average Bonchev–Trinajstić information content (AvgIpc) is 2.30. The largest absolute Gasteiger partial charge is 0.207 e. The van der Waals surface area contributed by atoms with Crippen LogP contribution in [0.1, 0.15) is 11.1 Å². The molecule has 0 bridgehead atoms. The summed E-state index contributed by atoms with van der Waals surface area (Å²) in [5.74, 6) is 2.30. The zero-order valence-electron chi connectivity index (χ0n) is 9.00. The Hall–Kier alpha value is -2.07. The molecular weight excluding hydrogens is 199 g/mol. The zero-order valence-corrected chi connectivity index (χ0v) is 9.00. The molecule has 0 aliphatic rings. The molecule has 0 atom stereocenters. The van der Waals surface area contributed by atoms with E-state index in [9.17, 15) is 4.39 Å². The van der Waals surface area contributed by atoms with Crippen molar-refractivity contribution >= 4 is 0 Å². The molecule has 2 rings (SSSR count). The fraction of sp³-hybridized carbons (Fsp3) is 0.0667. The van der Waals surface area contributed by atoms with Crippen LogP contribution in [0.2, 0.25) is 0 Å². The maximum absolute atomic E-state index is 13.2. The minimum atomic E-state index is -0.269. The smallest absolute Gasteiger partial charge is 0.123 e. The van der Waals surface area contributed by atoms with Crippen LogP contribution >= 0.6 is 0 Å². The first-order valence-electron chi connectivity index (χ1n) is 5.04. The van der Waals surface area contributed by atoms with Crippen molar-refractivity contribution in [3.63, 3.8) is 0 Å². The highest BCUT2D eigenvalue weighted by Gasteiger charge is 2.04. The number of terminal acetylenes is 1. The molecule has 78 valence electrons. The zero-order chi connectivity index (χ0) is 11.5. The molecule has 0 aromatic heterocycles. The van der Waals surface area contributed by atoms with E-state index in [1.54, 1.807) is 6.07 Å². The maximum Gasteiger partial charge on any atom is 0.123 e. The molecule has 0 aliphatic heterocycles. The molecule has 0 unspecified atom stereocenters. The molecular formula is C15H11F. The number of hydrogen-bond acceptors (Lipinski definition) is 0. The third-order valence-electron chi connectivity index (χ3n) is 2.50. The Morgan fingerprint density at radius 1 is 1.06 bits per heavy atom. The van der Waals surface area contributed by atoms with Crippen molar-refractivity contribution in [3.8, 4) is 23.5 Å². The monoisotopic (exact) mass is 210 g/mol. The minimum Gasteiger partial charge on any atom is -0.207 e. The lowest BCUT2D eigenvalue weighted by atomic mass is 9.99. The Bertz CT molecular complexity index is 545. The molecule has 0 fully saturated rings. The van der Waals surface area contributed by atoms with Crippen molar-refractivity contribution in [2.24, 2.45) is 0 Å². The fourth-order valence-corrected chi connectivity index (χ4v) is 1.61. The number of rotatable bonds is 1. The Kier molecular flexibility index (Phi) is 2.74. The number of halogens is 1. The molecule has 0 N–H and O–H groups in total. The van der Waals surface area contributed by atoms with E-state index >= 15 is 0 Å². The van der Waals surface area contributed by atoms with E-state index in [1.165, 1.54) is 17.7 Å². The average molecular weight is 210 g/mol. The van der Waals surface area contributed by atoms with Crippen molar-refractivity contribution in [3.05, 3.63) is 59.4 Å². The van der Waals surface area contributed by atoms with Gasteiger partial charge in [0, 0.05) is 11.1 Å². The number of aryl methyl sites for hydroxylation is 1. The van der Waals surface area contributed by atoms with Gasteiger partial charge in [0.1, 0.15) is 5.82 Å². The molecule has 0 heterocycles. The Balaban J connectivity index is 2.59. The second kappa shape index (κ2) is 4.20. The second-order valence-corrected chi connectivity index (χ2v) is 3.70. The lowest BCUT2D eigenvalue weighted by molar-refractivity contribution is 0.628. The normalized spacial score (nSPS) is 9.81. The van der Waals surface area contributed by atoms with Crippen LogP contribution in [0.3, 0.4) is 0 Å². The molecule has 0 saturated carbocycles. The SMILES string of the molecule is C#Cc1ccc(F)cc1-c1ccc(C)cc1. The van der Waals surface area contributed by atoms with E-state index in [1.807, 2.05) is 31.2 Å². The summed E-state index contributed by atoms with van der Waals surface area (Å²) < 4.78 is 13.2. The number of benzene rings is 2. The van der Waals surface area contributed by atoms with Gasteiger partial charge in [0.25, 0.3) is 0 Å². The van der Waals surface area contributed by atoms with Crippen LogP contribution in [0, 0.1) is 25.1 Å². The van der Waals surface area contributed by atoms with Crippen LogP contribution in [0.15, 0.2) is 42.5 Å². The standard InChI is InChI=1S/C15H11F/c1-3-12-8-9-14(16)10-15(12)13-6-4-11(2)5-7-13/h1,4-10H,2H3. The Labute approximate surface area is 94.7 Å². The maximum atomic E-state index is 13.2. The number of hydrogen-bond donors (Lipinski definition) is 0. The van der Waals surface area contributed by atoms with Gasteiger partial charge in [-0.1, -0.05) is 35.7 Å². The lowest BCUT2D eigenvalue weighted by Crippen LogP contribution is -1.86. The summed E-state index contributed by atoms with van der Waals surface area (Å²) in [4.78, 5) is 0. The molecule has 0 amide bonds. The summed E-state index contributed by atoms with van der Waals surface area (Å²) in [5, 5.41) is 0. The van der Waals surface area contributed by atoms with Crippen molar-refractivity contribution in [1.82, 2.24) is 0 Å². The molecule has 0 nitrogen and oxygen atoms in total. The molecule has 0 saturated heterocycles. The predicted molar refractivity (Wildman–Crippen MR) is 64.5 cm³/mol. The van der Waals surface area contributed by atoms with Gasteiger partial charge in [-0.15, -0.1) is 6.42 Å². The van der Waals surface area contributed by atoms with Crippen molar-refractivity contribution in [2.75, 3.05) is 0 Å². The summed E-state index contributed by atoms with van der Waals surface area (Å²) in [6, 6.07) is 12.4. The molecule has 2 aromatic rings. The molecule has 2 aromatic carbocycles. The van der Waals surface area contributed by atoms with E-state index in [0.717, 1.165) is 11.1 Å². The van der Waals surface area contributed by atoms with Crippen molar-refractivity contribution in [1.29, 1.82) is 0 Å². The van der Waals surface area contributed by atoms with Crippen LogP contribution < -0.4 is 0 Å². The van der Waals surface area contributed by atoms with E-state index in [4.69, 9.17) is 6.42 Å². The van der Waals surface area contributed by atoms with Gasteiger partial charge in [-0.3, -0.25) is 0 Å². The van der Waals surface area contributed by atoms with Gasteiger partial charge >= 0.3 is 0 Å². The lowest BCUT2D eigenvalue weighted by Gasteiger charge is -2.05.